The highest BCUT2D eigenvalue weighted by atomic mass is 15.0. The van der Waals surface area contributed by atoms with Gasteiger partial charge in [0.05, 0.1) is 0 Å². The monoisotopic (exact) mass is 207 g/mol. The molecule has 0 aliphatic heterocycles. The molecule has 0 aromatic heterocycles. The lowest BCUT2D eigenvalue weighted by Gasteiger charge is -2.09. The molecule has 1 rings (SSSR count). The second kappa shape index (κ2) is 9.72. The predicted octanol–water partition coefficient (Wildman–Crippen LogP) is 3.67. The predicted molar refractivity (Wildman–Crippen MR) is 69.1 cm³/mol. The summed E-state index contributed by atoms with van der Waals surface area (Å²) in [7, 11) is 4.25. The van der Waals surface area contributed by atoms with Gasteiger partial charge in [-0.15, -0.1) is 0 Å². The fourth-order valence-electron chi connectivity index (χ4n) is 1.20. The summed E-state index contributed by atoms with van der Waals surface area (Å²) in [5.41, 5.74) is 0. The molecular weight excluding hydrogens is 182 g/mol. The van der Waals surface area contributed by atoms with E-state index in [1.54, 1.807) is 0 Å². The van der Waals surface area contributed by atoms with Gasteiger partial charge in [0.2, 0.25) is 0 Å². The summed E-state index contributed by atoms with van der Waals surface area (Å²) in [6.07, 6.45) is 2.70. The van der Waals surface area contributed by atoms with Crippen molar-refractivity contribution in [2.24, 2.45) is 5.92 Å². The summed E-state index contributed by atoms with van der Waals surface area (Å²) in [4.78, 5) is 2.24. The summed E-state index contributed by atoms with van der Waals surface area (Å²) in [6, 6.07) is 12.0. The first-order valence-electron chi connectivity index (χ1n) is 5.77. The summed E-state index contributed by atoms with van der Waals surface area (Å²) >= 11 is 0. The number of benzene rings is 1. The molecule has 0 bridgehead atoms. The van der Waals surface area contributed by atoms with Gasteiger partial charge < -0.3 is 4.90 Å². The Morgan fingerprint density at radius 2 is 1.27 bits per heavy atom. The van der Waals surface area contributed by atoms with Crippen LogP contribution in [0.5, 0.6) is 0 Å². The Hall–Kier alpha value is -0.820. The molecule has 0 aliphatic rings. The van der Waals surface area contributed by atoms with Crippen LogP contribution in [0.2, 0.25) is 0 Å². The summed E-state index contributed by atoms with van der Waals surface area (Å²) in [5, 5.41) is 0. The molecular formula is C14H25N. The van der Waals surface area contributed by atoms with Crippen molar-refractivity contribution >= 4 is 0 Å². The minimum atomic E-state index is 0.866. The van der Waals surface area contributed by atoms with Crippen molar-refractivity contribution in [3.05, 3.63) is 36.4 Å². The van der Waals surface area contributed by atoms with Crippen molar-refractivity contribution in [3.63, 3.8) is 0 Å². The van der Waals surface area contributed by atoms with Crippen LogP contribution in [-0.4, -0.2) is 25.5 Å². The van der Waals surface area contributed by atoms with Crippen LogP contribution in [0.25, 0.3) is 0 Å². The van der Waals surface area contributed by atoms with Crippen LogP contribution < -0.4 is 0 Å². The van der Waals surface area contributed by atoms with E-state index in [1.807, 2.05) is 36.4 Å². The van der Waals surface area contributed by atoms with E-state index < -0.39 is 0 Å². The zero-order valence-corrected chi connectivity index (χ0v) is 10.6. The molecule has 0 saturated carbocycles. The Morgan fingerprint density at radius 3 is 1.53 bits per heavy atom. The van der Waals surface area contributed by atoms with Crippen LogP contribution in [0.4, 0.5) is 0 Å². The van der Waals surface area contributed by atoms with E-state index in [0.29, 0.717) is 0 Å². The van der Waals surface area contributed by atoms with E-state index in [1.165, 1.54) is 19.4 Å². The maximum Gasteiger partial charge on any atom is -0.00247 e. The highest BCUT2D eigenvalue weighted by Crippen LogP contribution is 2.02. The van der Waals surface area contributed by atoms with Crippen molar-refractivity contribution in [2.75, 3.05) is 20.6 Å². The molecule has 0 radical (unpaired) electrons. The average molecular weight is 207 g/mol. The molecule has 0 unspecified atom stereocenters. The van der Waals surface area contributed by atoms with E-state index in [2.05, 4.69) is 32.8 Å². The lowest BCUT2D eigenvalue weighted by atomic mass is 10.1. The van der Waals surface area contributed by atoms with Crippen LogP contribution in [0.3, 0.4) is 0 Å². The van der Waals surface area contributed by atoms with Crippen LogP contribution in [-0.2, 0) is 0 Å². The Balaban J connectivity index is 0.000000280. The largest absolute Gasteiger partial charge is 0.309 e. The molecule has 0 aliphatic carbocycles. The fourth-order valence-corrected chi connectivity index (χ4v) is 1.20. The van der Waals surface area contributed by atoms with Gasteiger partial charge in [-0.25, -0.2) is 0 Å². The van der Waals surface area contributed by atoms with Gasteiger partial charge in [-0.05, 0) is 39.4 Å². The second-order valence-electron chi connectivity index (χ2n) is 4.49. The Bertz CT molecular complexity index is 169. The number of hydrogen-bond donors (Lipinski definition) is 0. The first kappa shape index (κ1) is 14.2. The highest BCUT2D eigenvalue weighted by Gasteiger charge is 1.93. The van der Waals surface area contributed by atoms with Crippen molar-refractivity contribution in [2.45, 2.75) is 26.7 Å². The first-order valence-corrected chi connectivity index (χ1v) is 5.77. The third-order valence-corrected chi connectivity index (χ3v) is 2.05. The molecule has 15 heavy (non-hydrogen) atoms. The third kappa shape index (κ3) is 13.2. The topological polar surface area (TPSA) is 3.24 Å². The van der Waals surface area contributed by atoms with Crippen LogP contribution in [0.1, 0.15) is 26.7 Å². The molecule has 0 spiro atoms. The molecule has 1 aromatic carbocycles. The SMILES string of the molecule is CC(C)CCCN(C)C.c1ccccc1. The van der Waals surface area contributed by atoms with Gasteiger partial charge in [0, 0.05) is 0 Å². The van der Waals surface area contributed by atoms with Crippen molar-refractivity contribution in [3.8, 4) is 0 Å². The lowest BCUT2D eigenvalue weighted by molar-refractivity contribution is 0.378. The van der Waals surface area contributed by atoms with E-state index in [4.69, 9.17) is 0 Å². The van der Waals surface area contributed by atoms with Crippen LogP contribution >= 0.6 is 0 Å². The quantitative estimate of drug-likeness (QED) is 0.728. The van der Waals surface area contributed by atoms with E-state index in [-0.39, 0.29) is 0 Å². The van der Waals surface area contributed by atoms with Gasteiger partial charge in [0.1, 0.15) is 0 Å². The summed E-state index contributed by atoms with van der Waals surface area (Å²) in [6.45, 7) is 5.78. The zero-order chi connectivity index (χ0) is 11.5. The Morgan fingerprint density at radius 1 is 0.867 bits per heavy atom. The summed E-state index contributed by atoms with van der Waals surface area (Å²) in [5.74, 6) is 0.866. The first-order chi connectivity index (χ1) is 7.13. The van der Waals surface area contributed by atoms with Gasteiger partial charge in [-0.2, -0.15) is 0 Å². The molecule has 86 valence electrons. The average Bonchev–Trinajstić information content (AvgIpc) is 2.20. The Kier molecular flexibility index (Phi) is 9.19. The van der Waals surface area contributed by atoms with Gasteiger partial charge in [0.25, 0.3) is 0 Å². The summed E-state index contributed by atoms with van der Waals surface area (Å²) < 4.78 is 0. The smallest absolute Gasteiger partial charge is 0.00247 e. The van der Waals surface area contributed by atoms with Gasteiger partial charge in [-0.3, -0.25) is 0 Å². The molecule has 0 N–H and O–H groups in total. The fraction of sp³-hybridized carbons (Fsp3) is 0.571. The lowest BCUT2D eigenvalue weighted by Crippen LogP contribution is -2.13. The van der Waals surface area contributed by atoms with E-state index in [9.17, 15) is 0 Å². The molecule has 1 heteroatoms. The standard InChI is InChI=1S/C8H19N.C6H6/c1-8(2)6-5-7-9(3)4;1-2-4-6-5-3-1/h8H,5-7H2,1-4H3;1-6H. The van der Waals surface area contributed by atoms with E-state index in [0.717, 1.165) is 5.92 Å². The van der Waals surface area contributed by atoms with E-state index >= 15 is 0 Å². The molecule has 1 nitrogen and oxygen atoms in total. The van der Waals surface area contributed by atoms with Gasteiger partial charge >= 0.3 is 0 Å². The highest BCUT2D eigenvalue weighted by molar-refractivity contribution is 4.99. The molecule has 0 amide bonds. The van der Waals surface area contributed by atoms with Crippen LogP contribution in [0, 0.1) is 5.92 Å². The third-order valence-electron chi connectivity index (χ3n) is 2.05. The van der Waals surface area contributed by atoms with Crippen molar-refractivity contribution in [1.29, 1.82) is 0 Å². The maximum atomic E-state index is 2.27. The van der Waals surface area contributed by atoms with Crippen molar-refractivity contribution in [1.82, 2.24) is 4.90 Å². The van der Waals surface area contributed by atoms with Gasteiger partial charge in [0.15, 0.2) is 0 Å². The second-order valence-corrected chi connectivity index (χ2v) is 4.49. The number of hydrogen-bond acceptors (Lipinski definition) is 1. The normalized spacial score (nSPS) is 10.0. The van der Waals surface area contributed by atoms with Crippen LogP contribution in [0.15, 0.2) is 36.4 Å². The number of nitrogens with zero attached hydrogens (tertiary/aromatic N) is 1. The molecule has 0 heterocycles. The molecule has 1 aromatic rings. The van der Waals surface area contributed by atoms with Crippen molar-refractivity contribution < 1.29 is 0 Å². The molecule has 0 atom stereocenters. The molecule has 0 fully saturated rings. The minimum Gasteiger partial charge on any atom is -0.309 e. The minimum absolute atomic E-state index is 0.866. The molecule has 0 saturated heterocycles. The number of rotatable bonds is 4. The van der Waals surface area contributed by atoms with Gasteiger partial charge in [-0.1, -0.05) is 50.2 Å². The maximum absolute atomic E-state index is 2.27. The zero-order valence-electron chi connectivity index (χ0n) is 10.6. The Labute approximate surface area is 95.1 Å².